The monoisotopic (exact) mass is 258 g/mol. The highest BCUT2D eigenvalue weighted by Gasteiger charge is 2.21. The van der Waals surface area contributed by atoms with Gasteiger partial charge in [-0.15, -0.1) is 0 Å². The molecule has 3 heteroatoms. The number of carbonyl (C=O) groups is 1. The van der Waals surface area contributed by atoms with Gasteiger partial charge in [0.2, 0.25) is 5.91 Å². The molecule has 1 fully saturated rings. The van der Waals surface area contributed by atoms with Crippen molar-refractivity contribution < 1.29 is 4.79 Å². The summed E-state index contributed by atoms with van der Waals surface area (Å²) < 4.78 is 0. The number of amides is 1. The van der Waals surface area contributed by atoms with E-state index in [-0.39, 0.29) is 5.91 Å². The number of nitrogens with zero attached hydrogens (tertiary/aromatic N) is 1. The molecule has 1 amide bonds. The summed E-state index contributed by atoms with van der Waals surface area (Å²) >= 11 is 0. The molecule has 0 aliphatic carbocycles. The second-order valence-corrected chi connectivity index (χ2v) is 5.81. The molecule has 102 valence electrons. The topological polar surface area (TPSA) is 32.3 Å². The fourth-order valence-corrected chi connectivity index (χ4v) is 3.20. The van der Waals surface area contributed by atoms with E-state index < -0.39 is 0 Å². The molecular formula is C16H22N2O. The summed E-state index contributed by atoms with van der Waals surface area (Å²) in [5, 5.41) is 3.43. The van der Waals surface area contributed by atoms with Crippen LogP contribution in [0.1, 0.15) is 30.4 Å². The Balaban J connectivity index is 1.69. The smallest absolute Gasteiger partial charge is 0.227 e. The number of benzene rings is 1. The fraction of sp³-hybridized carbons (Fsp3) is 0.562. The number of hydrogen-bond donors (Lipinski definition) is 1. The van der Waals surface area contributed by atoms with Gasteiger partial charge >= 0.3 is 0 Å². The van der Waals surface area contributed by atoms with E-state index in [1.54, 1.807) is 4.90 Å². The summed E-state index contributed by atoms with van der Waals surface area (Å²) in [6.45, 7) is 2.37. The molecule has 3 nitrogen and oxygen atoms in total. The Bertz CT molecular complexity index is 478. The molecule has 0 saturated carbocycles. The predicted molar refractivity (Wildman–Crippen MR) is 77.5 cm³/mol. The highest BCUT2D eigenvalue weighted by Crippen LogP contribution is 2.28. The second kappa shape index (κ2) is 5.33. The summed E-state index contributed by atoms with van der Waals surface area (Å²) in [4.78, 5) is 13.5. The van der Waals surface area contributed by atoms with E-state index >= 15 is 0 Å². The second-order valence-electron chi connectivity index (χ2n) is 5.81. The van der Waals surface area contributed by atoms with Crippen molar-refractivity contribution in [2.75, 3.05) is 25.0 Å². The molecule has 2 aliphatic rings. The molecule has 1 aromatic rings. The van der Waals surface area contributed by atoms with Gasteiger partial charge in [-0.25, -0.2) is 0 Å². The normalized spacial score (nSPS) is 22.7. The number of nitrogens with one attached hydrogen (secondary N) is 1. The van der Waals surface area contributed by atoms with Gasteiger partial charge in [0.1, 0.15) is 0 Å². The van der Waals surface area contributed by atoms with Crippen LogP contribution in [-0.2, 0) is 17.6 Å². The van der Waals surface area contributed by atoms with Crippen molar-refractivity contribution in [3.05, 3.63) is 29.3 Å². The van der Waals surface area contributed by atoms with E-state index in [0.717, 1.165) is 24.4 Å². The largest absolute Gasteiger partial charge is 0.316 e. The molecular weight excluding hydrogens is 236 g/mol. The van der Waals surface area contributed by atoms with Crippen LogP contribution in [0.25, 0.3) is 0 Å². The zero-order valence-electron chi connectivity index (χ0n) is 11.6. The molecule has 3 rings (SSSR count). The average Bonchev–Trinajstić information content (AvgIpc) is 2.94. The highest BCUT2D eigenvalue weighted by molar-refractivity contribution is 5.95. The van der Waals surface area contributed by atoms with Crippen molar-refractivity contribution in [3.8, 4) is 0 Å². The van der Waals surface area contributed by atoms with Crippen molar-refractivity contribution >= 4 is 11.6 Å². The average molecular weight is 258 g/mol. The summed E-state index contributed by atoms with van der Waals surface area (Å²) in [7, 11) is 1.88. The number of fused-ring (bicyclic) bond motifs is 1. The summed E-state index contributed by atoms with van der Waals surface area (Å²) in [5.41, 5.74) is 3.86. The summed E-state index contributed by atoms with van der Waals surface area (Å²) in [6, 6.07) is 6.62. The van der Waals surface area contributed by atoms with Crippen LogP contribution in [-0.4, -0.2) is 26.0 Å². The van der Waals surface area contributed by atoms with Gasteiger partial charge < -0.3 is 10.2 Å². The minimum absolute atomic E-state index is 0.234. The third-order valence-electron chi connectivity index (χ3n) is 4.49. The first-order chi connectivity index (χ1) is 9.24. The number of anilines is 1. The third kappa shape index (κ3) is 2.66. The molecule has 19 heavy (non-hydrogen) atoms. The molecule has 0 aromatic heterocycles. The lowest BCUT2D eigenvalue weighted by molar-refractivity contribution is -0.118. The zero-order valence-corrected chi connectivity index (χ0v) is 11.6. The van der Waals surface area contributed by atoms with Crippen LogP contribution in [0.4, 0.5) is 5.69 Å². The van der Waals surface area contributed by atoms with Gasteiger partial charge in [-0.1, -0.05) is 12.1 Å². The van der Waals surface area contributed by atoms with Gasteiger partial charge in [0.15, 0.2) is 0 Å². The lowest BCUT2D eigenvalue weighted by Gasteiger charge is -2.26. The molecule has 0 bridgehead atoms. The number of hydrogen-bond acceptors (Lipinski definition) is 2. The standard InChI is InChI=1S/C16H22N2O/c1-18-15-6-4-12(2-3-13-8-9-17-11-13)10-14(15)5-7-16(18)19/h4,6,10,13,17H,2-3,5,7-9,11H2,1H3. The van der Waals surface area contributed by atoms with Crippen molar-refractivity contribution in [1.82, 2.24) is 5.32 Å². The van der Waals surface area contributed by atoms with Crippen LogP contribution in [0, 0.1) is 5.92 Å². The Labute approximate surface area is 115 Å². The molecule has 1 saturated heterocycles. The molecule has 1 atom stereocenters. The quantitative estimate of drug-likeness (QED) is 0.901. The fourth-order valence-electron chi connectivity index (χ4n) is 3.20. The van der Waals surface area contributed by atoms with Crippen molar-refractivity contribution in [2.24, 2.45) is 5.92 Å². The van der Waals surface area contributed by atoms with E-state index in [0.29, 0.717) is 6.42 Å². The first-order valence-corrected chi connectivity index (χ1v) is 7.33. The van der Waals surface area contributed by atoms with Crippen LogP contribution >= 0.6 is 0 Å². The van der Waals surface area contributed by atoms with E-state index in [9.17, 15) is 4.79 Å². The zero-order chi connectivity index (χ0) is 13.2. The number of aryl methyl sites for hydroxylation is 2. The maximum absolute atomic E-state index is 11.7. The maximum atomic E-state index is 11.7. The van der Waals surface area contributed by atoms with Crippen molar-refractivity contribution in [3.63, 3.8) is 0 Å². The van der Waals surface area contributed by atoms with Crippen LogP contribution in [0.2, 0.25) is 0 Å². The van der Waals surface area contributed by atoms with Gasteiger partial charge in [-0.05, 0) is 61.9 Å². The first-order valence-electron chi connectivity index (χ1n) is 7.33. The third-order valence-corrected chi connectivity index (χ3v) is 4.49. The van der Waals surface area contributed by atoms with Gasteiger partial charge in [0.25, 0.3) is 0 Å². The van der Waals surface area contributed by atoms with E-state index in [2.05, 4.69) is 23.5 Å². The molecule has 0 spiro atoms. The van der Waals surface area contributed by atoms with E-state index in [4.69, 9.17) is 0 Å². The Kier molecular flexibility index (Phi) is 3.56. The van der Waals surface area contributed by atoms with Gasteiger partial charge in [-0.2, -0.15) is 0 Å². The predicted octanol–water partition coefficient (Wildman–Crippen LogP) is 2.14. The minimum atomic E-state index is 0.234. The highest BCUT2D eigenvalue weighted by atomic mass is 16.2. The Morgan fingerprint density at radius 1 is 1.37 bits per heavy atom. The SMILES string of the molecule is CN1C(=O)CCc2cc(CCC3CCNC3)ccc21. The minimum Gasteiger partial charge on any atom is -0.316 e. The lowest BCUT2D eigenvalue weighted by Crippen LogP contribution is -2.31. The van der Waals surface area contributed by atoms with Crippen LogP contribution in [0.5, 0.6) is 0 Å². The molecule has 2 heterocycles. The maximum Gasteiger partial charge on any atom is 0.227 e. The first kappa shape index (κ1) is 12.7. The molecule has 2 aliphatic heterocycles. The van der Waals surface area contributed by atoms with Crippen molar-refractivity contribution in [1.29, 1.82) is 0 Å². The van der Waals surface area contributed by atoms with Crippen LogP contribution < -0.4 is 10.2 Å². The van der Waals surface area contributed by atoms with Gasteiger partial charge in [0.05, 0.1) is 0 Å². The number of carbonyl (C=O) groups excluding carboxylic acids is 1. The van der Waals surface area contributed by atoms with Gasteiger partial charge in [-0.3, -0.25) is 4.79 Å². The Hall–Kier alpha value is -1.35. The Morgan fingerprint density at radius 2 is 2.26 bits per heavy atom. The molecule has 0 radical (unpaired) electrons. The Morgan fingerprint density at radius 3 is 3.05 bits per heavy atom. The molecule has 1 unspecified atom stereocenters. The van der Waals surface area contributed by atoms with E-state index in [1.807, 2.05) is 7.05 Å². The van der Waals surface area contributed by atoms with Gasteiger partial charge in [0, 0.05) is 19.2 Å². The summed E-state index contributed by atoms with van der Waals surface area (Å²) in [6.07, 6.45) is 5.32. The van der Waals surface area contributed by atoms with Crippen LogP contribution in [0.15, 0.2) is 18.2 Å². The summed E-state index contributed by atoms with van der Waals surface area (Å²) in [5.74, 6) is 1.08. The lowest BCUT2D eigenvalue weighted by atomic mass is 9.94. The number of rotatable bonds is 3. The van der Waals surface area contributed by atoms with Crippen molar-refractivity contribution in [2.45, 2.75) is 32.1 Å². The molecule has 1 N–H and O–H groups in total. The molecule has 1 aromatic carbocycles. The van der Waals surface area contributed by atoms with Crippen LogP contribution in [0.3, 0.4) is 0 Å². The van der Waals surface area contributed by atoms with E-state index in [1.165, 1.54) is 37.1 Å².